The number of aromatic nitrogens is 5. The van der Waals surface area contributed by atoms with Gasteiger partial charge >= 0.3 is 0 Å². The number of tetrazole rings is 1. The van der Waals surface area contributed by atoms with E-state index in [1.807, 2.05) is 17.7 Å². The van der Waals surface area contributed by atoms with Crippen molar-refractivity contribution in [2.75, 3.05) is 0 Å². The summed E-state index contributed by atoms with van der Waals surface area (Å²) in [6, 6.07) is 2.36. The Hall–Kier alpha value is -1.47. The van der Waals surface area contributed by atoms with Gasteiger partial charge in [-0.3, -0.25) is 0 Å². The Balaban J connectivity index is 1.83. The van der Waals surface area contributed by atoms with Crippen molar-refractivity contribution < 1.29 is 5.11 Å². The van der Waals surface area contributed by atoms with Crippen molar-refractivity contribution in [1.29, 1.82) is 0 Å². The van der Waals surface area contributed by atoms with Gasteiger partial charge in [0.25, 0.3) is 0 Å². The van der Waals surface area contributed by atoms with Gasteiger partial charge in [-0.25, -0.2) is 9.67 Å². The van der Waals surface area contributed by atoms with Crippen molar-refractivity contribution >= 4 is 11.8 Å². The Kier molecular flexibility index (Phi) is 3.98. The Morgan fingerprint density at radius 2 is 2.20 bits per heavy atom. The van der Waals surface area contributed by atoms with Crippen molar-refractivity contribution in [2.24, 2.45) is 0 Å². The summed E-state index contributed by atoms with van der Waals surface area (Å²) in [5, 5.41) is 22.8. The number of rotatable bonds is 4. The van der Waals surface area contributed by atoms with Gasteiger partial charge in [0.05, 0.1) is 12.6 Å². The van der Waals surface area contributed by atoms with E-state index in [4.69, 9.17) is 5.11 Å². The molecule has 0 saturated heterocycles. The van der Waals surface area contributed by atoms with Crippen LogP contribution in [0.1, 0.15) is 42.9 Å². The molecule has 2 heterocycles. The second-order valence-corrected chi connectivity index (χ2v) is 6.03. The Morgan fingerprint density at radius 1 is 1.40 bits per heavy atom. The summed E-state index contributed by atoms with van der Waals surface area (Å²) in [6.07, 6.45) is 6.48. The number of hydrogen-bond acceptors (Lipinski definition) is 6. The van der Waals surface area contributed by atoms with Gasteiger partial charge in [-0.2, -0.15) is 0 Å². The molecule has 1 fully saturated rings. The monoisotopic (exact) mass is 291 g/mol. The second-order valence-electron chi connectivity index (χ2n) is 5.07. The maximum Gasteiger partial charge on any atom is 0.215 e. The van der Waals surface area contributed by atoms with Crippen LogP contribution in [0.5, 0.6) is 0 Å². The third-order valence-electron chi connectivity index (χ3n) is 3.59. The molecular weight excluding hydrogens is 274 g/mol. The standard InChI is InChI=1S/C13H17N5OS/c1-9-6-10(8-19)7-14-12(9)20-13-15-16-17-18(13)11-4-2-3-5-11/h6-7,11,19H,2-5,8H2,1H3. The smallest absolute Gasteiger partial charge is 0.215 e. The van der Waals surface area contributed by atoms with Gasteiger partial charge in [-0.1, -0.05) is 12.8 Å². The predicted molar refractivity (Wildman–Crippen MR) is 74.3 cm³/mol. The largest absolute Gasteiger partial charge is 0.392 e. The first-order chi connectivity index (χ1) is 9.78. The van der Waals surface area contributed by atoms with E-state index in [0.717, 1.165) is 34.2 Å². The molecule has 106 valence electrons. The lowest BCUT2D eigenvalue weighted by molar-refractivity contribution is 0.281. The summed E-state index contributed by atoms with van der Waals surface area (Å²) in [5.41, 5.74) is 1.85. The van der Waals surface area contributed by atoms with Gasteiger partial charge in [0.15, 0.2) is 0 Å². The number of hydrogen-bond donors (Lipinski definition) is 1. The van der Waals surface area contributed by atoms with E-state index in [1.165, 1.54) is 24.6 Å². The summed E-state index contributed by atoms with van der Waals surface area (Å²) in [5.74, 6) is 0. The molecule has 1 saturated carbocycles. The molecule has 0 radical (unpaired) electrons. The van der Waals surface area contributed by atoms with E-state index in [2.05, 4.69) is 20.5 Å². The van der Waals surface area contributed by atoms with E-state index in [0.29, 0.717) is 6.04 Å². The molecule has 1 N–H and O–H groups in total. The number of aryl methyl sites for hydroxylation is 1. The molecule has 0 atom stereocenters. The number of nitrogens with zero attached hydrogens (tertiary/aromatic N) is 5. The minimum absolute atomic E-state index is 0.0125. The summed E-state index contributed by atoms with van der Waals surface area (Å²) in [6.45, 7) is 2.00. The molecule has 6 nitrogen and oxygen atoms in total. The summed E-state index contributed by atoms with van der Waals surface area (Å²) < 4.78 is 1.93. The van der Waals surface area contributed by atoms with Crippen LogP contribution in [0.25, 0.3) is 0 Å². The van der Waals surface area contributed by atoms with Crippen LogP contribution in [0.15, 0.2) is 22.4 Å². The van der Waals surface area contributed by atoms with E-state index < -0.39 is 0 Å². The number of pyridine rings is 1. The van der Waals surface area contributed by atoms with Gasteiger partial charge in [-0.15, -0.1) is 5.10 Å². The third-order valence-corrected chi connectivity index (χ3v) is 4.66. The molecule has 0 unspecified atom stereocenters. The van der Waals surface area contributed by atoms with E-state index in [1.54, 1.807) is 6.20 Å². The fourth-order valence-corrected chi connectivity index (χ4v) is 3.39. The van der Waals surface area contributed by atoms with Crippen molar-refractivity contribution in [1.82, 2.24) is 25.2 Å². The zero-order chi connectivity index (χ0) is 13.9. The van der Waals surface area contributed by atoms with Crippen LogP contribution in [0.4, 0.5) is 0 Å². The lowest BCUT2D eigenvalue weighted by Gasteiger charge is -2.11. The molecular formula is C13H17N5OS. The van der Waals surface area contributed by atoms with Crippen LogP contribution in [0.3, 0.4) is 0 Å². The van der Waals surface area contributed by atoms with Gasteiger partial charge in [0.2, 0.25) is 5.16 Å². The second kappa shape index (κ2) is 5.88. The summed E-state index contributed by atoms with van der Waals surface area (Å²) in [7, 11) is 0. The number of aliphatic hydroxyl groups is 1. The van der Waals surface area contributed by atoms with Gasteiger partial charge in [0, 0.05) is 6.20 Å². The molecule has 1 aliphatic carbocycles. The molecule has 0 spiro atoms. The normalized spacial score (nSPS) is 15.9. The van der Waals surface area contributed by atoms with Gasteiger partial charge < -0.3 is 5.11 Å². The van der Waals surface area contributed by atoms with Crippen LogP contribution >= 0.6 is 11.8 Å². The Morgan fingerprint density at radius 3 is 2.90 bits per heavy atom. The van der Waals surface area contributed by atoms with Crippen LogP contribution in [-0.4, -0.2) is 30.3 Å². The van der Waals surface area contributed by atoms with Crippen LogP contribution < -0.4 is 0 Å². The maximum atomic E-state index is 9.11. The molecule has 0 amide bonds. The molecule has 20 heavy (non-hydrogen) atoms. The average molecular weight is 291 g/mol. The van der Waals surface area contributed by atoms with Crippen molar-refractivity contribution in [3.05, 3.63) is 23.4 Å². The lowest BCUT2D eigenvalue weighted by atomic mass is 10.2. The highest BCUT2D eigenvalue weighted by atomic mass is 32.2. The molecule has 0 aromatic carbocycles. The SMILES string of the molecule is Cc1cc(CO)cnc1Sc1nnnn1C1CCCC1. The molecule has 2 aromatic rings. The van der Waals surface area contributed by atoms with Crippen LogP contribution in [0, 0.1) is 6.92 Å². The molecule has 2 aromatic heterocycles. The van der Waals surface area contributed by atoms with E-state index >= 15 is 0 Å². The van der Waals surface area contributed by atoms with Crippen LogP contribution in [-0.2, 0) is 6.61 Å². The van der Waals surface area contributed by atoms with Crippen molar-refractivity contribution in [2.45, 2.75) is 55.4 Å². The first-order valence-electron chi connectivity index (χ1n) is 6.80. The molecule has 0 bridgehead atoms. The molecule has 1 aliphatic rings. The highest BCUT2D eigenvalue weighted by molar-refractivity contribution is 7.99. The zero-order valence-electron chi connectivity index (χ0n) is 11.4. The molecule has 0 aliphatic heterocycles. The van der Waals surface area contributed by atoms with Crippen LogP contribution in [0.2, 0.25) is 0 Å². The molecule has 3 rings (SSSR count). The highest BCUT2D eigenvalue weighted by Gasteiger charge is 2.22. The van der Waals surface area contributed by atoms with E-state index in [-0.39, 0.29) is 6.61 Å². The first-order valence-corrected chi connectivity index (χ1v) is 7.61. The van der Waals surface area contributed by atoms with E-state index in [9.17, 15) is 0 Å². The fourth-order valence-electron chi connectivity index (χ4n) is 2.53. The number of aliphatic hydroxyl groups excluding tert-OH is 1. The quantitative estimate of drug-likeness (QED) is 0.930. The van der Waals surface area contributed by atoms with Gasteiger partial charge in [0.1, 0.15) is 5.03 Å². The fraction of sp³-hybridized carbons (Fsp3) is 0.538. The van der Waals surface area contributed by atoms with Gasteiger partial charge in [-0.05, 0) is 59.1 Å². The van der Waals surface area contributed by atoms with Crippen molar-refractivity contribution in [3.8, 4) is 0 Å². The average Bonchev–Trinajstić information content (AvgIpc) is 3.11. The van der Waals surface area contributed by atoms with Crippen molar-refractivity contribution in [3.63, 3.8) is 0 Å². The highest BCUT2D eigenvalue weighted by Crippen LogP contribution is 2.34. The maximum absolute atomic E-state index is 9.11. The summed E-state index contributed by atoms with van der Waals surface area (Å²) in [4.78, 5) is 4.39. The Bertz CT molecular complexity index is 594. The topological polar surface area (TPSA) is 76.7 Å². The minimum atomic E-state index is 0.0125. The zero-order valence-corrected chi connectivity index (χ0v) is 12.2. The Labute approximate surface area is 121 Å². The first kappa shape index (κ1) is 13.5. The lowest BCUT2D eigenvalue weighted by Crippen LogP contribution is -2.08. The summed E-state index contributed by atoms with van der Waals surface area (Å²) >= 11 is 1.49. The molecule has 7 heteroatoms. The minimum Gasteiger partial charge on any atom is -0.392 e. The third kappa shape index (κ3) is 2.69. The predicted octanol–water partition coefficient (Wildman–Crippen LogP) is 2.14.